The van der Waals surface area contributed by atoms with Crippen molar-refractivity contribution in [2.75, 3.05) is 0 Å². The van der Waals surface area contributed by atoms with Gasteiger partial charge in [-0.2, -0.15) is 0 Å². The molecule has 108 valence electrons. The average Bonchev–Trinajstić information content (AvgIpc) is 2.48. The number of phenolic OH excluding ortho intramolecular Hbond substituents is 1. The van der Waals surface area contributed by atoms with E-state index in [1.165, 1.54) is 24.4 Å². The van der Waals surface area contributed by atoms with Crippen molar-refractivity contribution in [3.05, 3.63) is 59.4 Å². The summed E-state index contributed by atoms with van der Waals surface area (Å²) in [4.78, 5) is 26.6. The van der Waals surface area contributed by atoms with Crippen LogP contribution in [0.4, 0.5) is 0 Å². The lowest BCUT2D eigenvalue weighted by molar-refractivity contribution is -0.120. The molecule has 0 saturated heterocycles. The molecule has 1 heterocycles. The highest BCUT2D eigenvalue weighted by Gasteiger charge is 2.08. The smallest absolute Gasteiger partial charge is 0.335 e. The average molecular weight is 286 g/mol. The van der Waals surface area contributed by atoms with E-state index in [4.69, 9.17) is 5.11 Å². The highest BCUT2D eigenvalue weighted by Crippen LogP contribution is 2.15. The van der Waals surface area contributed by atoms with Crippen LogP contribution in [-0.2, 0) is 17.8 Å². The van der Waals surface area contributed by atoms with Gasteiger partial charge in [0.25, 0.3) is 0 Å². The zero-order valence-corrected chi connectivity index (χ0v) is 11.1. The van der Waals surface area contributed by atoms with Gasteiger partial charge in [-0.15, -0.1) is 0 Å². The van der Waals surface area contributed by atoms with Crippen molar-refractivity contribution in [2.24, 2.45) is 0 Å². The van der Waals surface area contributed by atoms with Gasteiger partial charge in [-0.3, -0.25) is 9.78 Å². The van der Waals surface area contributed by atoms with E-state index in [2.05, 4.69) is 10.3 Å². The number of carboxylic acid groups (broad SMARTS) is 1. The molecular weight excluding hydrogens is 272 g/mol. The maximum atomic E-state index is 11.8. The Hall–Kier alpha value is -2.89. The number of hydrogen-bond donors (Lipinski definition) is 3. The van der Waals surface area contributed by atoms with Gasteiger partial charge in [0.05, 0.1) is 24.2 Å². The number of nitrogens with one attached hydrogen (secondary N) is 1. The fraction of sp³-hybridized carbons (Fsp3) is 0.133. The summed E-state index contributed by atoms with van der Waals surface area (Å²) in [6.45, 7) is 0.132. The summed E-state index contributed by atoms with van der Waals surface area (Å²) in [6.07, 6.45) is 1.43. The first kappa shape index (κ1) is 14.5. The summed E-state index contributed by atoms with van der Waals surface area (Å²) in [5.74, 6) is -1.25. The van der Waals surface area contributed by atoms with E-state index in [0.717, 1.165) is 0 Å². The molecule has 21 heavy (non-hydrogen) atoms. The largest absolute Gasteiger partial charge is 0.508 e. The topological polar surface area (TPSA) is 99.5 Å². The van der Waals surface area contributed by atoms with Crippen LogP contribution in [0, 0.1) is 0 Å². The summed E-state index contributed by atoms with van der Waals surface area (Å²) in [7, 11) is 0. The van der Waals surface area contributed by atoms with Crippen LogP contribution in [0.15, 0.2) is 42.6 Å². The molecule has 1 amide bonds. The molecule has 0 spiro atoms. The van der Waals surface area contributed by atoms with E-state index in [9.17, 15) is 14.7 Å². The van der Waals surface area contributed by atoms with Crippen molar-refractivity contribution >= 4 is 11.9 Å². The molecule has 2 rings (SSSR count). The molecular formula is C15H14N2O4. The van der Waals surface area contributed by atoms with E-state index < -0.39 is 5.97 Å². The number of carboxylic acids is 1. The van der Waals surface area contributed by atoms with Gasteiger partial charge in [-0.1, -0.05) is 18.2 Å². The number of hydrogen-bond acceptors (Lipinski definition) is 4. The normalized spacial score (nSPS) is 10.1. The Morgan fingerprint density at radius 3 is 2.67 bits per heavy atom. The van der Waals surface area contributed by atoms with Crippen LogP contribution in [0.3, 0.4) is 0 Å². The summed E-state index contributed by atoms with van der Waals surface area (Å²) in [5, 5.41) is 21.1. The highest BCUT2D eigenvalue weighted by molar-refractivity contribution is 5.87. The Kier molecular flexibility index (Phi) is 4.50. The molecule has 0 saturated carbocycles. The van der Waals surface area contributed by atoms with Crippen LogP contribution < -0.4 is 5.32 Å². The quantitative estimate of drug-likeness (QED) is 0.770. The van der Waals surface area contributed by atoms with Crippen LogP contribution in [0.1, 0.15) is 21.6 Å². The Morgan fingerprint density at radius 2 is 1.95 bits per heavy atom. The van der Waals surface area contributed by atoms with Crippen molar-refractivity contribution in [3.8, 4) is 5.75 Å². The minimum Gasteiger partial charge on any atom is -0.508 e. The number of carbonyl (C=O) groups excluding carboxylic acids is 1. The van der Waals surface area contributed by atoms with Crippen molar-refractivity contribution in [3.63, 3.8) is 0 Å². The number of para-hydroxylation sites is 1. The fourth-order valence-corrected chi connectivity index (χ4v) is 1.79. The lowest BCUT2D eigenvalue weighted by atomic mass is 10.1. The number of aromatic hydroxyl groups is 1. The summed E-state index contributed by atoms with van der Waals surface area (Å²) < 4.78 is 0. The lowest BCUT2D eigenvalue weighted by Crippen LogP contribution is -2.25. The third-order valence-corrected chi connectivity index (χ3v) is 2.87. The molecule has 0 aliphatic carbocycles. The summed E-state index contributed by atoms with van der Waals surface area (Å²) >= 11 is 0. The molecule has 3 N–H and O–H groups in total. The third kappa shape index (κ3) is 4.04. The summed E-state index contributed by atoms with van der Waals surface area (Å²) in [6, 6.07) is 9.38. The Bertz CT molecular complexity index is 670. The minimum absolute atomic E-state index is 0.0469. The number of nitrogens with zero attached hydrogens (tertiary/aromatic N) is 1. The lowest BCUT2D eigenvalue weighted by Gasteiger charge is -2.06. The maximum absolute atomic E-state index is 11.8. The molecule has 1 aromatic carbocycles. The number of amides is 1. The van der Waals surface area contributed by atoms with Gasteiger partial charge in [0, 0.05) is 11.8 Å². The number of benzene rings is 1. The molecule has 1 aromatic heterocycles. The second-order valence-electron chi connectivity index (χ2n) is 4.42. The van der Waals surface area contributed by atoms with E-state index >= 15 is 0 Å². The predicted octanol–water partition coefficient (Wildman–Crippen LogP) is 1.34. The predicted molar refractivity (Wildman–Crippen MR) is 74.9 cm³/mol. The van der Waals surface area contributed by atoms with Crippen molar-refractivity contribution < 1.29 is 19.8 Å². The summed E-state index contributed by atoms with van der Waals surface area (Å²) in [5.41, 5.74) is 1.11. The van der Waals surface area contributed by atoms with Crippen LogP contribution in [0.25, 0.3) is 0 Å². The van der Waals surface area contributed by atoms with Crippen LogP contribution >= 0.6 is 0 Å². The fourth-order valence-electron chi connectivity index (χ4n) is 1.79. The van der Waals surface area contributed by atoms with Gasteiger partial charge in [0.15, 0.2) is 0 Å². The number of rotatable bonds is 5. The van der Waals surface area contributed by atoms with Gasteiger partial charge in [0.2, 0.25) is 5.91 Å². The molecule has 0 unspecified atom stereocenters. The minimum atomic E-state index is -1.04. The van der Waals surface area contributed by atoms with E-state index in [0.29, 0.717) is 11.3 Å². The standard InChI is InChI=1S/C15H14N2O4/c18-13-4-2-1-3-10(13)8-14(19)17-9-12-7-11(15(20)21)5-6-16-12/h1-7,18H,8-9H2,(H,17,19)(H,20,21). The van der Waals surface area contributed by atoms with Crippen molar-refractivity contribution in [2.45, 2.75) is 13.0 Å². The first-order valence-electron chi connectivity index (χ1n) is 6.28. The monoisotopic (exact) mass is 286 g/mol. The molecule has 0 atom stereocenters. The zero-order valence-electron chi connectivity index (χ0n) is 11.1. The zero-order chi connectivity index (χ0) is 15.2. The molecule has 0 radical (unpaired) electrons. The third-order valence-electron chi connectivity index (χ3n) is 2.87. The van der Waals surface area contributed by atoms with Crippen LogP contribution in [0.2, 0.25) is 0 Å². The van der Waals surface area contributed by atoms with E-state index in [1.54, 1.807) is 18.2 Å². The molecule has 2 aromatic rings. The number of pyridine rings is 1. The number of phenols is 1. The molecule has 6 nitrogen and oxygen atoms in total. The van der Waals surface area contributed by atoms with Crippen LogP contribution in [-0.4, -0.2) is 27.1 Å². The van der Waals surface area contributed by atoms with Gasteiger partial charge < -0.3 is 15.5 Å². The first-order valence-corrected chi connectivity index (χ1v) is 6.28. The van der Waals surface area contributed by atoms with Crippen molar-refractivity contribution in [1.82, 2.24) is 10.3 Å². The van der Waals surface area contributed by atoms with Gasteiger partial charge in [-0.25, -0.2) is 4.79 Å². The van der Waals surface area contributed by atoms with Gasteiger partial charge >= 0.3 is 5.97 Å². The molecule has 0 fully saturated rings. The van der Waals surface area contributed by atoms with E-state index in [-0.39, 0.29) is 30.2 Å². The number of aromatic carboxylic acids is 1. The molecule has 0 bridgehead atoms. The number of aromatic nitrogens is 1. The van der Waals surface area contributed by atoms with Crippen LogP contribution in [0.5, 0.6) is 5.75 Å². The maximum Gasteiger partial charge on any atom is 0.335 e. The second-order valence-corrected chi connectivity index (χ2v) is 4.42. The van der Waals surface area contributed by atoms with E-state index in [1.807, 2.05) is 0 Å². The number of carbonyl (C=O) groups is 2. The molecule has 0 aliphatic rings. The second kappa shape index (κ2) is 6.51. The SMILES string of the molecule is O=C(Cc1ccccc1O)NCc1cc(C(=O)O)ccn1. The molecule has 6 heteroatoms. The van der Waals surface area contributed by atoms with Gasteiger partial charge in [0.1, 0.15) is 5.75 Å². The Balaban J connectivity index is 1.94. The molecule has 0 aliphatic heterocycles. The Labute approximate surface area is 121 Å². The highest BCUT2D eigenvalue weighted by atomic mass is 16.4. The van der Waals surface area contributed by atoms with Gasteiger partial charge in [-0.05, 0) is 18.2 Å². The van der Waals surface area contributed by atoms with Crippen molar-refractivity contribution in [1.29, 1.82) is 0 Å². The first-order chi connectivity index (χ1) is 10.1. The Morgan fingerprint density at radius 1 is 1.19 bits per heavy atom.